The van der Waals surface area contributed by atoms with Gasteiger partial charge < -0.3 is 10.1 Å². The van der Waals surface area contributed by atoms with Gasteiger partial charge in [-0.2, -0.15) is 0 Å². The SMILES string of the molecule is CCNc1nc(C2(OC)CCC2)nc(C)c1F. The van der Waals surface area contributed by atoms with Crippen LogP contribution >= 0.6 is 0 Å². The van der Waals surface area contributed by atoms with Crippen LogP contribution in [0.1, 0.15) is 37.7 Å². The second-order valence-corrected chi connectivity index (χ2v) is 4.38. The summed E-state index contributed by atoms with van der Waals surface area (Å²) in [6, 6.07) is 0. The van der Waals surface area contributed by atoms with Crippen molar-refractivity contribution in [3.63, 3.8) is 0 Å². The molecule has 1 heterocycles. The summed E-state index contributed by atoms with van der Waals surface area (Å²) >= 11 is 0. The second kappa shape index (κ2) is 4.56. The van der Waals surface area contributed by atoms with Crippen molar-refractivity contribution in [1.82, 2.24) is 9.97 Å². The molecule has 0 spiro atoms. The van der Waals surface area contributed by atoms with E-state index in [0.29, 0.717) is 18.1 Å². The Morgan fingerprint density at radius 1 is 1.41 bits per heavy atom. The molecule has 1 saturated carbocycles. The Morgan fingerprint density at radius 3 is 2.59 bits per heavy atom. The average molecular weight is 239 g/mol. The topological polar surface area (TPSA) is 47.0 Å². The van der Waals surface area contributed by atoms with Crippen LogP contribution in [-0.2, 0) is 10.3 Å². The van der Waals surface area contributed by atoms with Gasteiger partial charge in [-0.15, -0.1) is 0 Å². The lowest BCUT2D eigenvalue weighted by Gasteiger charge is -2.39. The van der Waals surface area contributed by atoms with E-state index in [0.717, 1.165) is 19.3 Å². The van der Waals surface area contributed by atoms with Gasteiger partial charge >= 0.3 is 0 Å². The monoisotopic (exact) mass is 239 g/mol. The maximum atomic E-state index is 13.8. The van der Waals surface area contributed by atoms with Gasteiger partial charge in [-0.25, -0.2) is 14.4 Å². The molecule has 1 aliphatic rings. The van der Waals surface area contributed by atoms with Gasteiger partial charge in [-0.1, -0.05) is 0 Å². The van der Waals surface area contributed by atoms with Crippen molar-refractivity contribution >= 4 is 5.82 Å². The number of hydrogen-bond donors (Lipinski definition) is 1. The molecule has 0 amide bonds. The Hall–Kier alpha value is -1.23. The van der Waals surface area contributed by atoms with E-state index in [1.54, 1.807) is 14.0 Å². The predicted octanol–water partition coefficient (Wildman–Crippen LogP) is 2.38. The van der Waals surface area contributed by atoms with E-state index in [2.05, 4.69) is 15.3 Å². The van der Waals surface area contributed by atoms with E-state index in [4.69, 9.17) is 4.74 Å². The lowest BCUT2D eigenvalue weighted by Crippen LogP contribution is -2.38. The largest absolute Gasteiger partial charge is 0.370 e. The van der Waals surface area contributed by atoms with Gasteiger partial charge in [0.1, 0.15) is 5.60 Å². The molecule has 1 aromatic heterocycles. The Kier molecular flexibility index (Phi) is 3.28. The maximum Gasteiger partial charge on any atom is 0.186 e. The summed E-state index contributed by atoms with van der Waals surface area (Å²) in [5.74, 6) is 0.501. The van der Waals surface area contributed by atoms with Crippen molar-refractivity contribution in [2.45, 2.75) is 38.7 Å². The van der Waals surface area contributed by atoms with E-state index >= 15 is 0 Å². The summed E-state index contributed by atoms with van der Waals surface area (Å²) in [5, 5.41) is 2.92. The smallest absolute Gasteiger partial charge is 0.186 e. The highest BCUT2D eigenvalue weighted by molar-refractivity contribution is 5.39. The zero-order chi connectivity index (χ0) is 12.5. The number of aryl methyl sites for hydroxylation is 1. The van der Waals surface area contributed by atoms with Crippen LogP contribution in [0.5, 0.6) is 0 Å². The highest BCUT2D eigenvalue weighted by Crippen LogP contribution is 2.43. The Bertz CT molecular complexity index is 413. The zero-order valence-corrected chi connectivity index (χ0v) is 10.5. The standard InChI is InChI=1S/C12H18FN3O/c1-4-14-10-9(13)8(2)15-11(16-10)12(17-3)6-5-7-12/h4-7H2,1-3H3,(H,14,15,16). The first-order valence-electron chi connectivity index (χ1n) is 5.96. The second-order valence-electron chi connectivity index (χ2n) is 4.38. The molecule has 0 aromatic carbocycles. The summed E-state index contributed by atoms with van der Waals surface area (Å²) in [5.41, 5.74) is -0.0305. The third kappa shape index (κ3) is 1.99. The molecule has 0 aliphatic heterocycles. The molecule has 1 fully saturated rings. The van der Waals surface area contributed by atoms with Crippen LogP contribution in [0, 0.1) is 12.7 Å². The Labute approximate surface area is 101 Å². The van der Waals surface area contributed by atoms with Crippen LogP contribution in [-0.4, -0.2) is 23.6 Å². The zero-order valence-electron chi connectivity index (χ0n) is 10.5. The van der Waals surface area contributed by atoms with Crippen molar-refractivity contribution in [3.05, 3.63) is 17.3 Å². The van der Waals surface area contributed by atoms with E-state index in [9.17, 15) is 4.39 Å². The molecule has 1 N–H and O–H groups in total. The highest BCUT2D eigenvalue weighted by atomic mass is 19.1. The van der Waals surface area contributed by atoms with Crippen LogP contribution in [0.4, 0.5) is 10.2 Å². The normalized spacial score (nSPS) is 17.6. The van der Waals surface area contributed by atoms with Gasteiger partial charge in [-0.3, -0.25) is 0 Å². The van der Waals surface area contributed by atoms with Crippen molar-refractivity contribution in [2.24, 2.45) is 0 Å². The minimum absolute atomic E-state index is 0.276. The summed E-state index contributed by atoms with van der Waals surface area (Å²) < 4.78 is 19.3. The summed E-state index contributed by atoms with van der Waals surface area (Å²) in [6.07, 6.45) is 2.91. The van der Waals surface area contributed by atoms with E-state index in [-0.39, 0.29) is 11.6 Å². The van der Waals surface area contributed by atoms with Gasteiger partial charge in [-0.05, 0) is 33.1 Å². The average Bonchev–Trinajstić information content (AvgIpc) is 2.24. The number of anilines is 1. The molecule has 4 nitrogen and oxygen atoms in total. The van der Waals surface area contributed by atoms with Crippen molar-refractivity contribution < 1.29 is 9.13 Å². The number of ether oxygens (including phenoxy) is 1. The van der Waals surface area contributed by atoms with Gasteiger partial charge in [0.2, 0.25) is 0 Å². The van der Waals surface area contributed by atoms with Gasteiger partial charge in [0.15, 0.2) is 17.5 Å². The van der Waals surface area contributed by atoms with Gasteiger partial charge in [0.05, 0.1) is 5.69 Å². The Balaban J connectivity index is 2.41. The highest BCUT2D eigenvalue weighted by Gasteiger charge is 2.42. The van der Waals surface area contributed by atoms with Crippen LogP contribution in [0.3, 0.4) is 0 Å². The third-order valence-corrected chi connectivity index (χ3v) is 3.32. The predicted molar refractivity (Wildman–Crippen MR) is 63.4 cm³/mol. The van der Waals surface area contributed by atoms with E-state index < -0.39 is 5.60 Å². The van der Waals surface area contributed by atoms with E-state index in [1.165, 1.54) is 0 Å². The maximum absolute atomic E-state index is 13.8. The summed E-state index contributed by atoms with van der Waals surface area (Å²) in [7, 11) is 1.66. The van der Waals surface area contributed by atoms with Crippen LogP contribution in [0.2, 0.25) is 0 Å². The van der Waals surface area contributed by atoms with Crippen molar-refractivity contribution in [1.29, 1.82) is 0 Å². The first-order chi connectivity index (χ1) is 8.13. The number of nitrogens with one attached hydrogen (secondary N) is 1. The minimum atomic E-state index is -0.400. The van der Waals surface area contributed by atoms with Crippen molar-refractivity contribution in [2.75, 3.05) is 19.0 Å². The number of nitrogens with zero attached hydrogens (tertiary/aromatic N) is 2. The molecule has 94 valence electrons. The Morgan fingerprint density at radius 2 is 2.12 bits per heavy atom. The lowest BCUT2D eigenvalue weighted by atomic mass is 9.79. The molecule has 2 rings (SSSR count). The van der Waals surface area contributed by atoms with Crippen LogP contribution < -0.4 is 5.32 Å². The minimum Gasteiger partial charge on any atom is -0.370 e. The molecule has 1 aromatic rings. The lowest BCUT2D eigenvalue weighted by molar-refractivity contribution is -0.0847. The first kappa shape index (κ1) is 12.2. The number of hydrogen-bond acceptors (Lipinski definition) is 4. The van der Waals surface area contributed by atoms with Crippen LogP contribution in [0.25, 0.3) is 0 Å². The number of rotatable bonds is 4. The molecule has 1 aliphatic carbocycles. The summed E-state index contributed by atoms with van der Waals surface area (Å²) in [6.45, 7) is 4.20. The molecule has 0 saturated heterocycles. The number of methoxy groups -OCH3 is 1. The van der Waals surface area contributed by atoms with Gasteiger partial charge in [0.25, 0.3) is 0 Å². The van der Waals surface area contributed by atoms with Crippen molar-refractivity contribution in [3.8, 4) is 0 Å². The fourth-order valence-corrected chi connectivity index (χ4v) is 2.06. The molecule has 17 heavy (non-hydrogen) atoms. The molecule has 0 atom stereocenters. The molecule has 0 radical (unpaired) electrons. The summed E-state index contributed by atoms with van der Waals surface area (Å²) in [4.78, 5) is 8.50. The number of halogens is 1. The fraction of sp³-hybridized carbons (Fsp3) is 0.667. The molecular weight excluding hydrogens is 221 g/mol. The van der Waals surface area contributed by atoms with Crippen LogP contribution in [0.15, 0.2) is 0 Å². The third-order valence-electron chi connectivity index (χ3n) is 3.32. The number of aromatic nitrogens is 2. The molecule has 5 heteroatoms. The van der Waals surface area contributed by atoms with Gasteiger partial charge in [0, 0.05) is 13.7 Å². The quantitative estimate of drug-likeness (QED) is 0.876. The first-order valence-corrected chi connectivity index (χ1v) is 5.96. The molecule has 0 unspecified atom stereocenters. The fourth-order valence-electron chi connectivity index (χ4n) is 2.06. The molecule has 0 bridgehead atoms. The molecular formula is C12H18FN3O. The van der Waals surface area contributed by atoms with E-state index in [1.807, 2.05) is 6.92 Å².